The van der Waals surface area contributed by atoms with Gasteiger partial charge in [-0.2, -0.15) is 0 Å². The molecule has 0 atom stereocenters. The van der Waals surface area contributed by atoms with Crippen LogP contribution < -0.4 is 15.8 Å². The van der Waals surface area contributed by atoms with Crippen LogP contribution in [0.5, 0.6) is 0 Å². The minimum Gasteiger partial charge on any atom is -0.408 e. The average molecular weight is 313 g/mol. The van der Waals surface area contributed by atoms with Crippen molar-refractivity contribution in [2.24, 2.45) is 0 Å². The summed E-state index contributed by atoms with van der Waals surface area (Å²) in [5.74, 6) is -0.909. The molecule has 1 heterocycles. The zero-order chi connectivity index (χ0) is 15.6. The Morgan fingerprint density at radius 2 is 2.10 bits per heavy atom. The van der Waals surface area contributed by atoms with Crippen LogP contribution in [0.1, 0.15) is 12.0 Å². The molecule has 0 aliphatic carbocycles. The van der Waals surface area contributed by atoms with Crippen LogP contribution in [0.25, 0.3) is 11.1 Å². The van der Waals surface area contributed by atoms with Crippen LogP contribution in [-0.4, -0.2) is 32.9 Å². The molecular formula is C12H15N3O5S. The molecule has 9 heteroatoms. The second kappa shape index (κ2) is 5.70. The smallest absolute Gasteiger partial charge is 0.408 e. The molecule has 0 aliphatic rings. The number of sulfonamides is 1. The molecule has 0 aliphatic heterocycles. The number of hydrogen-bond acceptors (Lipinski definition) is 5. The van der Waals surface area contributed by atoms with Crippen LogP contribution in [0.15, 0.2) is 26.2 Å². The van der Waals surface area contributed by atoms with E-state index in [2.05, 4.69) is 15.0 Å². The number of aryl methyl sites for hydroxylation is 1. The van der Waals surface area contributed by atoms with Crippen LogP contribution in [-0.2, 0) is 14.8 Å². The number of oxazole rings is 1. The molecule has 0 fully saturated rings. The van der Waals surface area contributed by atoms with Gasteiger partial charge in [0.1, 0.15) is 0 Å². The third-order valence-electron chi connectivity index (χ3n) is 2.93. The van der Waals surface area contributed by atoms with Crippen molar-refractivity contribution in [3.05, 3.63) is 28.2 Å². The summed E-state index contributed by atoms with van der Waals surface area (Å²) in [5, 5.41) is 2.40. The van der Waals surface area contributed by atoms with Gasteiger partial charge in [0.25, 0.3) is 0 Å². The summed E-state index contributed by atoms with van der Waals surface area (Å²) in [4.78, 5) is 24.7. The first kappa shape index (κ1) is 15.3. The zero-order valence-electron chi connectivity index (χ0n) is 11.5. The van der Waals surface area contributed by atoms with Crippen molar-refractivity contribution >= 4 is 27.0 Å². The molecule has 0 unspecified atom stereocenters. The lowest BCUT2D eigenvalue weighted by atomic mass is 10.2. The number of nitrogens with one attached hydrogen (secondary N) is 3. The maximum absolute atomic E-state index is 12.2. The minimum atomic E-state index is -3.78. The highest BCUT2D eigenvalue weighted by atomic mass is 32.2. The van der Waals surface area contributed by atoms with E-state index < -0.39 is 15.8 Å². The second-order valence-corrected chi connectivity index (χ2v) is 6.18. The summed E-state index contributed by atoms with van der Waals surface area (Å²) in [6, 6.07) is 2.80. The van der Waals surface area contributed by atoms with E-state index in [-0.39, 0.29) is 29.4 Å². The lowest BCUT2D eigenvalue weighted by Crippen LogP contribution is -2.29. The molecule has 1 aromatic carbocycles. The zero-order valence-corrected chi connectivity index (χ0v) is 12.3. The van der Waals surface area contributed by atoms with Gasteiger partial charge >= 0.3 is 5.76 Å². The van der Waals surface area contributed by atoms with Crippen molar-refractivity contribution in [3.63, 3.8) is 0 Å². The fourth-order valence-electron chi connectivity index (χ4n) is 1.88. The molecular weight excluding hydrogens is 298 g/mol. The second-order valence-electron chi connectivity index (χ2n) is 4.45. The van der Waals surface area contributed by atoms with E-state index in [0.717, 1.165) is 0 Å². The van der Waals surface area contributed by atoms with Crippen molar-refractivity contribution in [1.82, 2.24) is 15.0 Å². The summed E-state index contributed by atoms with van der Waals surface area (Å²) in [6.07, 6.45) is 0.0380. The molecule has 2 aromatic rings. The average Bonchev–Trinajstić information content (AvgIpc) is 2.76. The molecule has 0 spiro atoms. The monoisotopic (exact) mass is 313 g/mol. The number of benzene rings is 1. The third-order valence-corrected chi connectivity index (χ3v) is 4.53. The number of aromatic amines is 1. The highest BCUT2D eigenvalue weighted by molar-refractivity contribution is 7.89. The van der Waals surface area contributed by atoms with Gasteiger partial charge < -0.3 is 9.73 Å². The molecule has 1 aromatic heterocycles. The van der Waals surface area contributed by atoms with Gasteiger partial charge in [-0.3, -0.25) is 9.78 Å². The van der Waals surface area contributed by atoms with E-state index in [0.29, 0.717) is 11.1 Å². The Hall–Kier alpha value is -2.13. The summed E-state index contributed by atoms with van der Waals surface area (Å²) in [5.41, 5.74) is 1.06. The third kappa shape index (κ3) is 3.31. The van der Waals surface area contributed by atoms with Gasteiger partial charge in [-0.1, -0.05) is 0 Å². The number of H-pyrrole nitrogens is 1. The van der Waals surface area contributed by atoms with Gasteiger partial charge in [0, 0.05) is 26.1 Å². The van der Waals surface area contributed by atoms with E-state index in [1.807, 2.05) is 0 Å². The van der Waals surface area contributed by atoms with Crippen LogP contribution in [0, 0.1) is 6.92 Å². The first-order valence-corrected chi connectivity index (χ1v) is 7.65. The molecule has 21 heavy (non-hydrogen) atoms. The minimum absolute atomic E-state index is 0.00894. The SMILES string of the molecule is CNC(=O)CCNS(=O)(=O)c1cc2oc(=O)[nH]c2cc1C. The predicted octanol–water partition coefficient (Wildman–Crippen LogP) is -0.156. The first-order chi connectivity index (χ1) is 9.83. The quantitative estimate of drug-likeness (QED) is 0.708. The highest BCUT2D eigenvalue weighted by Crippen LogP contribution is 2.21. The standard InChI is InChI=1S/C12H15N3O5S/c1-7-5-8-9(20-12(17)15-8)6-10(7)21(18,19)14-4-3-11(16)13-2/h5-6,14H,3-4H2,1-2H3,(H,13,16)(H,15,17). The van der Waals surface area contributed by atoms with E-state index in [4.69, 9.17) is 4.42 Å². The van der Waals surface area contributed by atoms with Crippen molar-refractivity contribution < 1.29 is 17.6 Å². The molecule has 8 nitrogen and oxygen atoms in total. The lowest BCUT2D eigenvalue weighted by molar-refractivity contribution is -0.120. The number of amides is 1. The normalized spacial score (nSPS) is 11.7. The Morgan fingerprint density at radius 3 is 2.76 bits per heavy atom. The Labute approximate surface area is 120 Å². The molecule has 0 saturated heterocycles. The molecule has 0 saturated carbocycles. The number of carbonyl (C=O) groups is 1. The number of carbonyl (C=O) groups excluding carboxylic acids is 1. The molecule has 114 valence electrons. The molecule has 3 N–H and O–H groups in total. The topological polar surface area (TPSA) is 121 Å². The van der Waals surface area contributed by atoms with E-state index in [1.165, 1.54) is 19.2 Å². The maximum Gasteiger partial charge on any atom is 0.417 e. The predicted molar refractivity (Wildman–Crippen MR) is 75.4 cm³/mol. The number of fused-ring (bicyclic) bond motifs is 1. The van der Waals surface area contributed by atoms with Gasteiger partial charge in [-0.25, -0.2) is 17.9 Å². The summed E-state index contributed by atoms with van der Waals surface area (Å²) < 4.78 is 31.6. The Balaban J connectivity index is 2.29. The largest absolute Gasteiger partial charge is 0.417 e. The van der Waals surface area contributed by atoms with E-state index in [9.17, 15) is 18.0 Å². The van der Waals surface area contributed by atoms with Crippen LogP contribution in [0.3, 0.4) is 0 Å². The van der Waals surface area contributed by atoms with Crippen LogP contribution in [0.4, 0.5) is 0 Å². The summed E-state index contributed by atoms with van der Waals surface area (Å²) in [7, 11) is -2.31. The van der Waals surface area contributed by atoms with Crippen molar-refractivity contribution in [3.8, 4) is 0 Å². The Bertz CT molecular complexity index is 834. The summed E-state index contributed by atoms with van der Waals surface area (Å²) >= 11 is 0. The number of hydrogen-bond donors (Lipinski definition) is 3. The van der Waals surface area contributed by atoms with Crippen molar-refractivity contribution in [2.45, 2.75) is 18.2 Å². The number of aromatic nitrogens is 1. The lowest BCUT2D eigenvalue weighted by Gasteiger charge is -2.08. The van der Waals surface area contributed by atoms with E-state index in [1.54, 1.807) is 6.92 Å². The van der Waals surface area contributed by atoms with Crippen LogP contribution >= 0.6 is 0 Å². The van der Waals surface area contributed by atoms with Gasteiger partial charge in [0.2, 0.25) is 15.9 Å². The molecule has 1 amide bonds. The highest BCUT2D eigenvalue weighted by Gasteiger charge is 2.19. The van der Waals surface area contributed by atoms with Gasteiger partial charge in [-0.15, -0.1) is 0 Å². The van der Waals surface area contributed by atoms with Crippen molar-refractivity contribution in [1.29, 1.82) is 0 Å². The molecule has 2 rings (SSSR count). The van der Waals surface area contributed by atoms with Gasteiger partial charge in [0.05, 0.1) is 10.4 Å². The first-order valence-electron chi connectivity index (χ1n) is 6.17. The van der Waals surface area contributed by atoms with E-state index >= 15 is 0 Å². The number of rotatable bonds is 5. The van der Waals surface area contributed by atoms with Crippen molar-refractivity contribution in [2.75, 3.05) is 13.6 Å². The fourth-order valence-corrected chi connectivity index (χ4v) is 3.15. The summed E-state index contributed by atoms with van der Waals surface area (Å²) in [6.45, 7) is 1.59. The van der Waals surface area contributed by atoms with Gasteiger partial charge in [0.15, 0.2) is 5.58 Å². The van der Waals surface area contributed by atoms with Crippen LogP contribution in [0.2, 0.25) is 0 Å². The molecule has 0 radical (unpaired) electrons. The Morgan fingerprint density at radius 1 is 1.38 bits per heavy atom. The maximum atomic E-state index is 12.2. The molecule has 0 bridgehead atoms. The fraction of sp³-hybridized carbons (Fsp3) is 0.333. The van der Waals surface area contributed by atoms with Gasteiger partial charge in [-0.05, 0) is 18.6 Å². The Kier molecular flexibility index (Phi) is 4.14.